The molecule has 1 rings (SSSR count). The number of aliphatic carboxylic acids is 1. The van der Waals surface area contributed by atoms with Gasteiger partial charge in [-0.05, 0) is 30.7 Å². The zero-order valence-corrected chi connectivity index (χ0v) is 11.5. The van der Waals surface area contributed by atoms with E-state index in [0.717, 1.165) is 0 Å². The Balaban J connectivity index is 2.74. The van der Waals surface area contributed by atoms with E-state index in [2.05, 4.69) is 11.9 Å². The van der Waals surface area contributed by atoms with E-state index in [0.29, 0.717) is 11.4 Å². The molecular weight excluding hydrogens is 260 g/mol. The Kier molecular flexibility index (Phi) is 5.58. The van der Waals surface area contributed by atoms with Crippen molar-refractivity contribution in [3.8, 4) is 5.75 Å². The molecule has 20 heavy (non-hydrogen) atoms. The number of anilines is 1. The Morgan fingerprint density at radius 2 is 2.05 bits per heavy atom. The second kappa shape index (κ2) is 7.18. The summed E-state index contributed by atoms with van der Waals surface area (Å²) in [6.07, 6.45) is 1.62. The molecule has 0 heterocycles. The lowest BCUT2D eigenvalue weighted by Crippen LogP contribution is -2.46. The van der Waals surface area contributed by atoms with E-state index >= 15 is 0 Å². The standard InChI is InChI=1S/C14H18N2O4/c1-4-5-12(13(17)18)15-14(19)16(2)10-6-8-11(20-3)9-7-10/h4,6-9,12H,1,5H2,2-3H3,(H,15,19)(H,17,18). The SMILES string of the molecule is C=CCC(NC(=O)N(C)c1ccc(OC)cc1)C(=O)O. The number of carboxylic acids is 1. The number of carbonyl (C=O) groups excluding carboxylic acids is 1. The van der Waals surface area contributed by atoms with E-state index in [1.54, 1.807) is 38.4 Å². The number of hydrogen-bond acceptors (Lipinski definition) is 3. The van der Waals surface area contributed by atoms with Gasteiger partial charge in [0, 0.05) is 12.7 Å². The zero-order chi connectivity index (χ0) is 15.1. The third-order valence-corrected chi connectivity index (χ3v) is 2.76. The molecule has 0 saturated carbocycles. The van der Waals surface area contributed by atoms with Gasteiger partial charge in [-0.1, -0.05) is 6.08 Å². The van der Waals surface area contributed by atoms with Crippen LogP contribution >= 0.6 is 0 Å². The van der Waals surface area contributed by atoms with Gasteiger partial charge in [0.1, 0.15) is 11.8 Å². The minimum absolute atomic E-state index is 0.164. The number of benzene rings is 1. The number of methoxy groups -OCH3 is 1. The third-order valence-electron chi connectivity index (χ3n) is 2.76. The number of amides is 2. The van der Waals surface area contributed by atoms with Crippen molar-refractivity contribution in [2.45, 2.75) is 12.5 Å². The van der Waals surface area contributed by atoms with Gasteiger partial charge in [0.25, 0.3) is 0 Å². The fraction of sp³-hybridized carbons (Fsp3) is 0.286. The molecule has 2 N–H and O–H groups in total. The maximum atomic E-state index is 12.0. The number of carboxylic acid groups (broad SMARTS) is 1. The van der Waals surface area contributed by atoms with Crippen molar-refractivity contribution >= 4 is 17.7 Å². The van der Waals surface area contributed by atoms with Gasteiger partial charge in [0.2, 0.25) is 0 Å². The van der Waals surface area contributed by atoms with Crippen molar-refractivity contribution < 1.29 is 19.4 Å². The summed E-state index contributed by atoms with van der Waals surface area (Å²) in [6.45, 7) is 3.47. The molecular formula is C14H18N2O4. The van der Waals surface area contributed by atoms with Crippen molar-refractivity contribution in [1.82, 2.24) is 5.32 Å². The van der Waals surface area contributed by atoms with E-state index in [9.17, 15) is 9.59 Å². The summed E-state index contributed by atoms with van der Waals surface area (Å²) in [5.74, 6) is -0.418. The van der Waals surface area contributed by atoms with Crippen LogP contribution in [0.5, 0.6) is 5.75 Å². The molecule has 0 aromatic heterocycles. The predicted octanol–water partition coefficient (Wildman–Crippen LogP) is 1.87. The smallest absolute Gasteiger partial charge is 0.326 e. The van der Waals surface area contributed by atoms with E-state index in [1.807, 2.05) is 0 Å². The van der Waals surface area contributed by atoms with Crippen LogP contribution in [-0.4, -0.2) is 37.3 Å². The first-order valence-electron chi connectivity index (χ1n) is 6.01. The van der Waals surface area contributed by atoms with Crippen LogP contribution in [0.3, 0.4) is 0 Å². The molecule has 108 valence electrons. The second-order valence-corrected chi connectivity index (χ2v) is 4.12. The van der Waals surface area contributed by atoms with Crippen molar-refractivity contribution in [2.24, 2.45) is 0 Å². The maximum Gasteiger partial charge on any atom is 0.326 e. The molecule has 0 saturated heterocycles. The minimum atomic E-state index is -1.10. The van der Waals surface area contributed by atoms with E-state index in [4.69, 9.17) is 9.84 Å². The lowest BCUT2D eigenvalue weighted by atomic mass is 10.2. The highest BCUT2D eigenvalue weighted by atomic mass is 16.5. The molecule has 0 fully saturated rings. The number of ether oxygens (including phenoxy) is 1. The summed E-state index contributed by atoms with van der Waals surface area (Å²) >= 11 is 0. The summed E-state index contributed by atoms with van der Waals surface area (Å²) in [4.78, 5) is 24.3. The number of urea groups is 1. The summed E-state index contributed by atoms with van der Waals surface area (Å²) < 4.78 is 5.03. The van der Waals surface area contributed by atoms with Gasteiger partial charge in [-0.25, -0.2) is 9.59 Å². The molecule has 0 bridgehead atoms. The molecule has 1 atom stereocenters. The zero-order valence-electron chi connectivity index (χ0n) is 11.5. The van der Waals surface area contributed by atoms with Crippen molar-refractivity contribution in [3.63, 3.8) is 0 Å². The summed E-state index contributed by atoms with van der Waals surface area (Å²) in [6, 6.07) is 5.38. The van der Waals surface area contributed by atoms with Gasteiger partial charge >= 0.3 is 12.0 Å². The molecule has 6 heteroatoms. The lowest BCUT2D eigenvalue weighted by molar-refractivity contribution is -0.139. The van der Waals surface area contributed by atoms with Crippen LogP contribution in [-0.2, 0) is 4.79 Å². The monoisotopic (exact) mass is 278 g/mol. The van der Waals surface area contributed by atoms with Gasteiger partial charge in [0.05, 0.1) is 7.11 Å². The van der Waals surface area contributed by atoms with Crippen molar-refractivity contribution in [3.05, 3.63) is 36.9 Å². The van der Waals surface area contributed by atoms with Gasteiger partial charge in [-0.2, -0.15) is 0 Å². The second-order valence-electron chi connectivity index (χ2n) is 4.12. The van der Waals surface area contributed by atoms with Crippen LogP contribution in [0.1, 0.15) is 6.42 Å². The fourth-order valence-corrected chi connectivity index (χ4v) is 1.56. The summed E-state index contributed by atoms with van der Waals surface area (Å²) in [7, 11) is 3.11. The molecule has 0 radical (unpaired) electrons. The third kappa shape index (κ3) is 4.01. The lowest BCUT2D eigenvalue weighted by Gasteiger charge is -2.21. The van der Waals surface area contributed by atoms with Crippen LogP contribution in [0.2, 0.25) is 0 Å². The van der Waals surface area contributed by atoms with Crippen LogP contribution < -0.4 is 15.0 Å². The molecule has 0 aliphatic rings. The van der Waals surface area contributed by atoms with E-state index in [-0.39, 0.29) is 6.42 Å². The Bertz CT molecular complexity index is 484. The van der Waals surface area contributed by atoms with Crippen LogP contribution in [0.15, 0.2) is 36.9 Å². The fourth-order valence-electron chi connectivity index (χ4n) is 1.56. The average molecular weight is 278 g/mol. The first kappa shape index (κ1) is 15.6. The molecule has 0 aliphatic carbocycles. The maximum absolute atomic E-state index is 12.0. The molecule has 0 spiro atoms. The van der Waals surface area contributed by atoms with Gasteiger partial charge < -0.3 is 15.2 Å². The molecule has 1 aromatic rings. The predicted molar refractivity (Wildman–Crippen MR) is 76.2 cm³/mol. The molecule has 0 aliphatic heterocycles. The first-order valence-corrected chi connectivity index (χ1v) is 6.01. The van der Waals surface area contributed by atoms with Gasteiger partial charge in [0.15, 0.2) is 0 Å². The van der Waals surface area contributed by atoms with Gasteiger partial charge in [-0.15, -0.1) is 6.58 Å². The Hall–Kier alpha value is -2.50. The van der Waals surface area contributed by atoms with Gasteiger partial charge in [-0.3, -0.25) is 4.90 Å². The van der Waals surface area contributed by atoms with Crippen LogP contribution in [0, 0.1) is 0 Å². The highest BCUT2D eigenvalue weighted by molar-refractivity contribution is 5.94. The average Bonchev–Trinajstić information content (AvgIpc) is 2.45. The number of nitrogens with zero attached hydrogens (tertiary/aromatic N) is 1. The summed E-state index contributed by atoms with van der Waals surface area (Å²) in [5.41, 5.74) is 0.631. The highest BCUT2D eigenvalue weighted by Crippen LogP contribution is 2.18. The number of nitrogens with one attached hydrogen (secondary N) is 1. The largest absolute Gasteiger partial charge is 0.497 e. The van der Waals surface area contributed by atoms with Crippen molar-refractivity contribution in [2.75, 3.05) is 19.1 Å². The summed E-state index contributed by atoms with van der Waals surface area (Å²) in [5, 5.41) is 11.4. The molecule has 1 unspecified atom stereocenters. The van der Waals surface area contributed by atoms with Crippen molar-refractivity contribution in [1.29, 1.82) is 0 Å². The van der Waals surface area contributed by atoms with Crippen LogP contribution in [0.4, 0.5) is 10.5 Å². The number of hydrogen-bond donors (Lipinski definition) is 2. The minimum Gasteiger partial charge on any atom is -0.497 e. The molecule has 1 aromatic carbocycles. The topological polar surface area (TPSA) is 78.9 Å². The Labute approximate surface area is 117 Å². The molecule has 2 amide bonds. The van der Waals surface area contributed by atoms with Crippen LogP contribution in [0.25, 0.3) is 0 Å². The Morgan fingerprint density at radius 1 is 1.45 bits per heavy atom. The van der Waals surface area contributed by atoms with E-state index in [1.165, 1.54) is 11.0 Å². The van der Waals surface area contributed by atoms with E-state index < -0.39 is 18.0 Å². The molecule has 6 nitrogen and oxygen atoms in total. The quantitative estimate of drug-likeness (QED) is 0.779. The normalized spacial score (nSPS) is 11.3. The first-order chi connectivity index (χ1) is 9.49. The number of rotatable bonds is 6. The number of carbonyl (C=O) groups is 2. The Morgan fingerprint density at radius 3 is 2.50 bits per heavy atom. The highest BCUT2D eigenvalue weighted by Gasteiger charge is 2.20.